The molecule has 0 aliphatic carbocycles. The largest absolute Gasteiger partial charge is 0.464 e. The number of carbonyl (C=O) groups is 1. The standard InChI is InChI=1S/C30H39N3O8S/c1-19(2)15-33(42(36,37)22-8-9-27-24(13-22)21(14-31)17-39-27)16-26(34)25(12-20-6-4-3-5-7-20)32-30(35)41-28-18-40-29-23(28)10-11-38-29/h3-9,13,17,19,23,25-26,28-29,34H,10-12,14-16,18,31H2,1-2H3,(H,32,35)/t23-,25-,26+,28-,29+/m0/s1. The molecule has 1 amide bonds. The summed E-state index contributed by atoms with van der Waals surface area (Å²) in [7, 11) is -4.03. The monoisotopic (exact) mass is 601 g/mol. The zero-order valence-corrected chi connectivity index (χ0v) is 24.7. The Labute approximate surface area is 245 Å². The van der Waals surface area contributed by atoms with Crippen LogP contribution in [0, 0.1) is 11.8 Å². The number of nitrogens with two attached hydrogens (primary N) is 1. The highest BCUT2D eigenvalue weighted by molar-refractivity contribution is 7.89. The Balaban J connectivity index is 1.36. The Bertz CT molecular complexity index is 1460. The first-order valence-electron chi connectivity index (χ1n) is 14.3. The molecule has 12 heteroatoms. The number of ether oxygens (including phenoxy) is 3. The molecule has 0 spiro atoms. The highest BCUT2D eigenvalue weighted by Gasteiger charge is 2.44. The number of hydrogen-bond donors (Lipinski definition) is 3. The van der Waals surface area contributed by atoms with Crippen LogP contribution >= 0.6 is 0 Å². The van der Waals surface area contributed by atoms with Crippen LogP contribution in [0.1, 0.15) is 31.4 Å². The summed E-state index contributed by atoms with van der Waals surface area (Å²) in [5, 5.41) is 14.9. The Morgan fingerprint density at radius 2 is 1.95 bits per heavy atom. The molecule has 3 heterocycles. The molecule has 1 aromatic heterocycles. The van der Waals surface area contributed by atoms with Gasteiger partial charge in [-0.3, -0.25) is 0 Å². The number of nitrogens with one attached hydrogen (secondary N) is 1. The van der Waals surface area contributed by atoms with Crippen molar-refractivity contribution in [2.45, 2.75) is 62.7 Å². The Hall–Kier alpha value is -3.00. The lowest BCUT2D eigenvalue weighted by atomic mass is 10.0. The number of sulfonamides is 1. The van der Waals surface area contributed by atoms with Gasteiger partial charge in [-0.1, -0.05) is 44.2 Å². The van der Waals surface area contributed by atoms with Crippen LogP contribution in [-0.4, -0.2) is 74.8 Å². The summed E-state index contributed by atoms with van der Waals surface area (Å²) in [5.41, 5.74) is 7.92. The van der Waals surface area contributed by atoms with Gasteiger partial charge in [0.15, 0.2) is 6.29 Å². The van der Waals surface area contributed by atoms with E-state index in [-0.39, 0.29) is 55.7 Å². The van der Waals surface area contributed by atoms with Gasteiger partial charge in [-0.05, 0) is 42.5 Å². The Morgan fingerprint density at radius 3 is 2.69 bits per heavy atom. The topological polar surface area (TPSA) is 154 Å². The van der Waals surface area contributed by atoms with Gasteiger partial charge in [0.05, 0.1) is 42.4 Å². The minimum Gasteiger partial charge on any atom is -0.464 e. The highest BCUT2D eigenvalue weighted by atomic mass is 32.2. The average Bonchev–Trinajstić information content (AvgIpc) is 3.69. The number of benzene rings is 2. The quantitative estimate of drug-likeness (QED) is 0.284. The number of alkyl carbamates (subject to hydrolysis) is 1. The summed E-state index contributed by atoms with van der Waals surface area (Å²) >= 11 is 0. The maximum atomic E-state index is 13.9. The maximum absolute atomic E-state index is 13.9. The zero-order chi connectivity index (χ0) is 29.9. The van der Waals surface area contributed by atoms with Crippen LogP contribution in [0.4, 0.5) is 4.79 Å². The van der Waals surface area contributed by atoms with Gasteiger partial charge < -0.3 is 34.8 Å². The first kappa shape index (κ1) is 30.5. The van der Waals surface area contributed by atoms with Gasteiger partial charge in [-0.25, -0.2) is 13.2 Å². The second-order valence-electron chi connectivity index (χ2n) is 11.3. The summed E-state index contributed by atoms with van der Waals surface area (Å²) in [5.74, 6) is -0.0639. The highest BCUT2D eigenvalue weighted by Crippen LogP contribution is 2.33. The molecule has 2 aromatic carbocycles. The fourth-order valence-corrected chi connectivity index (χ4v) is 7.21. The van der Waals surface area contributed by atoms with E-state index in [2.05, 4.69) is 5.32 Å². The second kappa shape index (κ2) is 13.1. The van der Waals surface area contributed by atoms with Gasteiger partial charge in [-0.15, -0.1) is 0 Å². The molecule has 2 saturated heterocycles. The molecule has 2 aliphatic heterocycles. The van der Waals surface area contributed by atoms with Crippen molar-refractivity contribution in [3.05, 3.63) is 65.9 Å². The molecular weight excluding hydrogens is 562 g/mol. The third-order valence-corrected chi connectivity index (χ3v) is 9.58. The van der Waals surface area contributed by atoms with Crippen LogP contribution in [0.2, 0.25) is 0 Å². The lowest BCUT2D eigenvalue weighted by molar-refractivity contribution is -0.0907. The Morgan fingerprint density at radius 1 is 1.17 bits per heavy atom. The van der Waals surface area contributed by atoms with Crippen molar-refractivity contribution in [2.24, 2.45) is 17.6 Å². The van der Waals surface area contributed by atoms with E-state index >= 15 is 0 Å². The van der Waals surface area contributed by atoms with E-state index in [0.717, 1.165) is 12.0 Å². The number of aliphatic hydroxyl groups excluding tert-OH is 1. The van der Waals surface area contributed by atoms with Crippen molar-refractivity contribution >= 4 is 27.1 Å². The van der Waals surface area contributed by atoms with Crippen molar-refractivity contribution in [3.63, 3.8) is 0 Å². The van der Waals surface area contributed by atoms with E-state index in [1.165, 1.54) is 16.6 Å². The molecule has 0 unspecified atom stereocenters. The number of rotatable bonds is 12. The number of nitrogens with zero attached hydrogens (tertiary/aromatic N) is 1. The van der Waals surface area contributed by atoms with E-state index in [0.29, 0.717) is 23.1 Å². The number of fused-ring (bicyclic) bond motifs is 2. The number of amides is 1. The SMILES string of the molecule is CC(C)CN(C[C@@H](O)[C@H](Cc1ccccc1)NC(=O)O[C@H]1CO[C@H]2OCC[C@H]21)S(=O)(=O)c1ccc2occ(CN)c2c1. The summed E-state index contributed by atoms with van der Waals surface area (Å²) in [6.45, 7) is 4.72. The molecule has 0 saturated carbocycles. The molecule has 228 valence electrons. The fraction of sp³-hybridized carbons (Fsp3) is 0.500. The zero-order valence-electron chi connectivity index (χ0n) is 23.8. The van der Waals surface area contributed by atoms with Gasteiger partial charge in [0.2, 0.25) is 10.0 Å². The molecule has 0 bridgehead atoms. The first-order chi connectivity index (χ1) is 20.2. The fourth-order valence-electron chi connectivity index (χ4n) is 5.56. The smallest absolute Gasteiger partial charge is 0.407 e. The number of aliphatic hydroxyl groups is 1. The average molecular weight is 602 g/mol. The minimum absolute atomic E-state index is 0.0290. The Kier molecular flexibility index (Phi) is 9.50. The van der Waals surface area contributed by atoms with Crippen molar-refractivity contribution in [1.29, 1.82) is 0 Å². The van der Waals surface area contributed by atoms with Crippen LogP contribution in [0.25, 0.3) is 11.0 Å². The van der Waals surface area contributed by atoms with E-state index in [4.69, 9.17) is 24.4 Å². The van der Waals surface area contributed by atoms with Crippen molar-refractivity contribution < 1.29 is 36.9 Å². The van der Waals surface area contributed by atoms with Gasteiger partial charge in [0.25, 0.3) is 0 Å². The van der Waals surface area contributed by atoms with Crippen molar-refractivity contribution in [3.8, 4) is 0 Å². The maximum Gasteiger partial charge on any atom is 0.407 e. The van der Waals surface area contributed by atoms with E-state index in [1.807, 2.05) is 44.2 Å². The molecule has 2 fully saturated rings. The molecule has 0 radical (unpaired) electrons. The predicted octanol–water partition coefficient (Wildman–Crippen LogP) is 3.00. The van der Waals surface area contributed by atoms with Gasteiger partial charge in [0.1, 0.15) is 11.7 Å². The molecule has 42 heavy (non-hydrogen) atoms. The molecule has 11 nitrogen and oxygen atoms in total. The first-order valence-corrected chi connectivity index (χ1v) is 15.7. The summed E-state index contributed by atoms with van der Waals surface area (Å²) in [4.78, 5) is 13.1. The molecular formula is C30H39N3O8S. The summed E-state index contributed by atoms with van der Waals surface area (Å²) in [6, 6.07) is 13.2. The number of hydrogen-bond acceptors (Lipinski definition) is 9. The third-order valence-electron chi connectivity index (χ3n) is 7.75. The van der Waals surface area contributed by atoms with Crippen LogP contribution in [0.3, 0.4) is 0 Å². The lowest BCUT2D eigenvalue weighted by Crippen LogP contribution is -2.51. The van der Waals surface area contributed by atoms with Gasteiger partial charge >= 0.3 is 6.09 Å². The van der Waals surface area contributed by atoms with E-state index in [1.54, 1.807) is 12.1 Å². The van der Waals surface area contributed by atoms with Gasteiger partial charge in [0, 0.05) is 30.6 Å². The lowest BCUT2D eigenvalue weighted by Gasteiger charge is -2.31. The van der Waals surface area contributed by atoms with Crippen LogP contribution in [-0.2, 0) is 37.2 Å². The third kappa shape index (κ3) is 6.80. The molecule has 5 atom stereocenters. The normalized spacial score (nSPS) is 22.0. The molecule has 4 N–H and O–H groups in total. The van der Waals surface area contributed by atoms with Crippen molar-refractivity contribution in [1.82, 2.24) is 9.62 Å². The summed E-state index contributed by atoms with van der Waals surface area (Å²) in [6.07, 6.45) is -0.249. The summed E-state index contributed by atoms with van der Waals surface area (Å²) < 4.78 is 51.4. The van der Waals surface area contributed by atoms with Gasteiger partial charge in [-0.2, -0.15) is 4.31 Å². The van der Waals surface area contributed by atoms with Crippen LogP contribution in [0.5, 0.6) is 0 Å². The van der Waals surface area contributed by atoms with Crippen LogP contribution < -0.4 is 11.1 Å². The van der Waals surface area contributed by atoms with E-state index in [9.17, 15) is 18.3 Å². The predicted molar refractivity (Wildman–Crippen MR) is 155 cm³/mol. The van der Waals surface area contributed by atoms with E-state index < -0.39 is 34.4 Å². The number of furan rings is 1. The molecule has 2 aliphatic rings. The second-order valence-corrected chi connectivity index (χ2v) is 13.3. The van der Waals surface area contributed by atoms with Crippen molar-refractivity contribution in [2.75, 3.05) is 26.3 Å². The minimum atomic E-state index is -4.03. The number of carbonyl (C=O) groups excluding carboxylic acids is 1. The van der Waals surface area contributed by atoms with Crippen LogP contribution in [0.15, 0.2) is 64.1 Å². The molecule has 5 rings (SSSR count). The molecule has 3 aromatic rings.